The molecule has 0 bridgehead atoms. The number of rotatable bonds is 5. The van der Waals surface area contributed by atoms with Crippen molar-refractivity contribution in [1.29, 1.82) is 0 Å². The molecule has 0 fully saturated rings. The van der Waals surface area contributed by atoms with Crippen LogP contribution in [0.3, 0.4) is 0 Å². The number of carbonyl (C=O) groups excluding carboxylic acids is 1. The summed E-state index contributed by atoms with van der Waals surface area (Å²) < 4.78 is 30.0. The van der Waals surface area contributed by atoms with Crippen molar-refractivity contribution in [3.05, 3.63) is 47.7 Å². The highest BCUT2D eigenvalue weighted by atomic mass is 32.2. The van der Waals surface area contributed by atoms with E-state index in [-0.39, 0.29) is 5.76 Å². The van der Waals surface area contributed by atoms with Crippen LogP contribution in [-0.2, 0) is 14.8 Å². The van der Waals surface area contributed by atoms with Crippen LogP contribution in [0.4, 0.5) is 16.2 Å². The van der Waals surface area contributed by atoms with Gasteiger partial charge in [0, 0.05) is 11.8 Å². The van der Waals surface area contributed by atoms with Crippen LogP contribution in [0, 0.1) is 19.3 Å². The molecule has 0 saturated heterocycles. The first-order valence-corrected chi connectivity index (χ1v) is 8.50. The number of ether oxygens (including phenoxy) is 1. The fraction of sp³-hybridized carbons (Fsp3) is 0.188. The number of carbonyl (C=O) groups is 1. The van der Waals surface area contributed by atoms with Crippen LogP contribution in [0.5, 0.6) is 0 Å². The van der Waals surface area contributed by atoms with E-state index in [1.54, 1.807) is 38.1 Å². The first kappa shape index (κ1) is 18.3. The van der Waals surface area contributed by atoms with Crippen molar-refractivity contribution in [3.63, 3.8) is 0 Å². The smallest absolute Gasteiger partial charge is 0.409 e. The normalized spacial score (nSPS) is 11.8. The summed E-state index contributed by atoms with van der Waals surface area (Å²) >= 11 is 0. The topological polar surface area (TPSA) is 84.5 Å². The number of terminal acetylenes is 1. The molecule has 23 heavy (non-hydrogen) atoms. The van der Waals surface area contributed by atoms with Gasteiger partial charge in [0.15, 0.2) is 0 Å². The van der Waals surface area contributed by atoms with E-state index in [9.17, 15) is 13.2 Å². The summed E-state index contributed by atoms with van der Waals surface area (Å²) in [5.41, 5.74) is 1.50. The van der Waals surface area contributed by atoms with Gasteiger partial charge >= 0.3 is 6.09 Å². The van der Waals surface area contributed by atoms with Gasteiger partial charge < -0.3 is 4.74 Å². The number of anilines is 2. The van der Waals surface area contributed by atoms with E-state index < -0.39 is 16.1 Å². The van der Waals surface area contributed by atoms with Crippen molar-refractivity contribution >= 4 is 27.5 Å². The number of sulfonamides is 1. The van der Waals surface area contributed by atoms with Crippen molar-refractivity contribution in [3.8, 4) is 12.3 Å². The molecule has 0 aromatic heterocycles. The number of aryl methyl sites for hydroxylation is 1. The summed E-state index contributed by atoms with van der Waals surface area (Å²) in [6.45, 7) is 3.53. The van der Waals surface area contributed by atoms with Crippen LogP contribution in [-0.4, -0.2) is 20.8 Å². The fourth-order valence-electron chi connectivity index (χ4n) is 1.74. The van der Waals surface area contributed by atoms with E-state index in [0.29, 0.717) is 11.4 Å². The van der Waals surface area contributed by atoms with Crippen LogP contribution in [0.25, 0.3) is 0 Å². The van der Waals surface area contributed by atoms with Crippen molar-refractivity contribution in [2.45, 2.75) is 13.8 Å². The predicted molar refractivity (Wildman–Crippen MR) is 91.5 cm³/mol. The molecule has 2 N–H and O–H groups in total. The third-order valence-electron chi connectivity index (χ3n) is 2.39. The van der Waals surface area contributed by atoms with E-state index in [1.165, 1.54) is 12.1 Å². The van der Waals surface area contributed by atoms with Gasteiger partial charge in [-0.3, -0.25) is 10.0 Å². The summed E-state index contributed by atoms with van der Waals surface area (Å²) in [4.78, 5) is 11.9. The molecule has 0 aliphatic heterocycles. The first-order chi connectivity index (χ1) is 10.7. The van der Waals surface area contributed by atoms with Crippen molar-refractivity contribution < 1.29 is 17.9 Å². The van der Waals surface area contributed by atoms with Crippen LogP contribution in [0.15, 0.2) is 42.2 Å². The van der Waals surface area contributed by atoms with Gasteiger partial charge in [-0.2, -0.15) is 0 Å². The Kier molecular flexibility index (Phi) is 6.42. The molecule has 0 unspecified atom stereocenters. The molecule has 0 aliphatic rings. The molecule has 122 valence electrons. The van der Waals surface area contributed by atoms with Crippen molar-refractivity contribution in [2.75, 3.05) is 16.3 Å². The molecule has 7 heteroatoms. The Bertz CT molecular complexity index is 787. The monoisotopic (exact) mass is 334 g/mol. The lowest BCUT2D eigenvalue weighted by atomic mass is 10.2. The van der Waals surface area contributed by atoms with E-state index in [0.717, 1.165) is 11.8 Å². The van der Waals surface area contributed by atoms with Gasteiger partial charge in [0.05, 0.1) is 11.9 Å². The Balaban J connectivity index is 2.90. The number of nitrogens with one attached hydrogen (secondary N) is 2. The Morgan fingerprint density at radius 2 is 1.96 bits per heavy atom. The summed E-state index contributed by atoms with van der Waals surface area (Å²) in [5, 5.41) is 2.52. The highest BCUT2D eigenvalue weighted by Crippen LogP contribution is 2.20. The molecule has 0 aliphatic carbocycles. The SMILES string of the molecule is C#C/C=C(\C=C/C)OC(=O)Nc1cc(C)cc(NS(C)(=O)=O)c1. The fourth-order valence-corrected chi connectivity index (χ4v) is 2.28. The zero-order valence-electron chi connectivity index (χ0n) is 13.1. The second kappa shape index (κ2) is 8.06. The van der Waals surface area contributed by atoms with E-state index in [2.05, 4.69) is 16.0 Å². The zero-order valence-corrected chi connectivity index (χ0v) is 13.9. The average molecular weight is 334 g/mol. The van der Waals surface area contributed by atoms with Crippen LogP contribution in [0.1, 0.15) is 12.5 Å². The summed E-state index contributed by atoms with van der Waals surface area (Å²) in [6.07, 6.45) is 10.00. The highest BCUT2D eigenvalue weighted by molar-refractivity contribution is 7.92. The average Bonchev–Trinajstić information content (AvgIpc) is 2.35. The molecule has 1 amide bonds. The largest absolute Gasteiger partial charge is 0.417 e. The minimum Gasteiger partial charge on any atom is -0.409 e. The minimum atomic E-state index is -3.41. The minimum absolute atomic E-state index is 0.217. The Hall–Kier alpha value is -2.72. The maximum atomic E-state index is 11.9. The lowest BCUT2D eigenvalue weighted by Gasteiger charge is -2.10. The van der Waals surface area contributed by atoms with Gasteiger partial charge in [0.1, 0.15) is 5.76 Å². The second-order valence-corrected chi connectivity index (χ2v) is 6.44. The molecule has 0 heterocycles. The maximum absolute atomic E-state index is 11.9. The summed E-state index contributed by atoms with van der Waals surface area (Å²) in [6, 6.07) is 4.80. The third-order valence-corrected chi connectivity index (χ3v) is 3.00. The summed E-state index contributed by atoms with van der Waals surface area (Å²) in [7, 11) is -3.41. The Morgan fingerprint density at radius 3 is 2.52 bits per heavy atom. The maximum Gasteiger partial charge on any atom is 0.417 e. The van der Waals surface area contributed by atoms with E-state index >= 15 is 0 Å². The van der Waals surface area contributed by atoms with Gasteiger partial charge in [0.2, 0.25) is 10.0 Å². The number of hydrogen-bond donors (Lipinski definition) is 2. The molecule has 0 spiro atoms. The van der Waals surface area contributed by atoms with Crippen molar-refractivity contribution in [2.24, 2.45) is 0 Å². The molecule has 1 aromatic rings. The Morgan fingerprint density at radius 1 is 1.30 bits per heavy atom. The molecular weight excluding hydrogens is 316 g/mol. The molecule has 0 radical (unpaired) electrons. The number of allylic oxidation sites excluding steroid dienone is 3. The number of hydrogen-bond acceptors (Lipinski definition) is 4. The van der Waals surface area contributed by atoms with Gasteiger partial charge in [-0.15, -0.1) is 6.42 Å². The molecule has 0 atom stereocenters. The van der Waals surface area contributed by atoms with Crippen LogP contribution in [0.2, 0.25) is 0 Å². The highest BCUT2D eigenvalue weighted by Gasteiger charge is 2.08. The predicted octanol–water partition coefficient (Wildman–Crippen LogP) is 3.01. The van der Waals surface area contributed by atoms with Crippen LogP contribution >= 0.6 is 0 Å². The molecule has 1 aromatic carbocycles. The van der Waals surface area contributed by atoms with Gasteiger partial charge in [-0.05, 0) is 43.7 Å². The standard InChI is InChI=1S/C16H18N2O4S/c1-5-7-15(8-6-2)22-16(19)17-13-9-12(3)10-14(11-13)18-23(4,20)21/h1,6-11,18H,2-4H3,(H,17,19)/b8-6-,15-7+. The lowest BCUT2D eigenvalue weighted by Crippen LogP contribution is -2.14. The Labute approximate surface area is 136 Å². The quantitative estimate of drug-likeness (QED) is 0.492. The molecule has 1 rings (SSSR count). The number of amides is 1. The van der Waals surface area contributed by atoms with E-state index in [1.807, 2.05) is 0 Å². The van der Waals surface area contributed by atoms with Gasteiger partial charge in [-0.25, -0.2) is 13.2 Å². The number of benzene rings is 1. The van der Waals surface area contributed by atoms with Crippen molar-refractivity contribution in [1.82, 2.24) is 0 Å². The van der Waals surface area contributed by atoms with E-state index in [4.69, 9.17) is 11.2 Å². The van der Waals surface area contributed by atoms with Crippen LogP contribution < -0.4 is 10.0 Å². The lowest BCUT2D eigenvalue weighted by molar-refractivity contribution is 0.195. The second-order valence-electron chi connectivity index (χ2n) is 4.69. The summed E-state index contributed by atoms with van der Waals surface area (Å²) in [5.74, 6) is 2.49. The zero-order chi connectivity index (χ0) is 17.5. The molecular formula is C16H18N2O4S. The first-order valence-electron chi connectivity index (χ1n) is 6.61. The van der Waals surface area contributed by atoms with Gasteiger partial charge in [-0.1, -0.05) is 12.0 Å². The van der Waals surface area contributed by atoms with Gasteiger partial charge in [0.25, 0.3) is 0 Å². The molecule has 0 saturated carbocycles. The third kappa shape index (κ3) is 7.20. The molecule has 6 nitrogen and oxygen atoms in total.